The van der Waals surface area contributed by atoms with Gasteiger partial charge in [-0.1, -0.05) is 5.10 Å². The minimum Gasteiger partial charge on any atom is -0.496 e. The number of rotatable bonds is 4. The molecule has 1 aromatic carbocycles. The summed E-state index contributed by atoms with van der Waals surface area (Å²) < 4.78 is 20.8. The molecule has 0 aliphatic carbocycles. The molecule has 18 heavy (non-hydrogen) atoms. The lowest BCUT2D eigenvalue weighted by atomic mass is 10.1. The van der Waals surface area contributed by atoms with E-state index in [1.165, 1.54) is 14.2 Å². The first-order valence-electron chi connectivity index (χ1n) is 5.09. The Morgan fingerprint density at radius 2 is 1.56 bits per heavy atom. The second-order valence-corrected chi connectivity index (χ2v) is 3.35. The molecule has 2 N–H and O–H groups in total. The number of nitrogens with two attached hydrogens (primary N) is 1. The molecule has 1 aromatic heterocycles. The summed E-state index contributed by atoms with van der Waals surface area (Å²) in [4.78, 5) is 0. The number of ether oxygens (including phenoxy) is 3. The summed E-state index contributed by atoms with van der Waals surface area (Å²) >= 11 is 0. The topological polar surface area (TPSA) is 92.6 Å². The van der Waals surface area contributed by atoms with Gasteiger partial charge in [0.25, 0.3) is 5.89 Å². The summed E-state index contributed by atoms with van der Waals surface area (Å²) in [5.41, 5.74) is 5.98. The van der Waals surface area contributed by atoms with Gasteiger partial charge in [-0.3, -0.25) is 0 Å². The SMILES string of the molecule is COc1cc(OC)c(-c2nnc(N)o2)cc1OC. The fourth-order valence-corrected chi connectivity index (χ4v) is 1.54. The van der Waals surface area contributed by atoms with E-state index >= 15 is 0 Å². The molecule has 0 aliphatic rings. The lowest BCUT2D eigenvalue weighted by Gasteiger charge is -2.11. The molecule has 0 aliphatic heterocycles. The first-order chi connectivity index (χ1) is 8.69. The third kappa shape index (κ3) is 2.02. The lowest BCUT2D eigenvalue weighted by Crippen LogP contribution is -1.95. The Morgan fingerprint density at radius 1 is 0.944 bits per heavy atom. The second-order valence-electron chi connectivity index (χ2n) is 3.35. The Balaban J connectivity index is 2.58. The first-order valence-corrected chi connectivity index (χ1v) is 5.09. The first kappa shape index (κ1) is 12.0. The van der Waals surface area contributed by atoms with E-state index in [0.29, 0.717) is 22.8 Å². The van der Waals surface area contributed by atoms with Crippen LogP contribution in [0.1, 0.15) is 0 Å². The number of methoxy groups -OCH3 is 3. The van der Waals surface area contributed by atoms with Crippen LogP contribution in [0.5, 0.6) is 17.2 Å². The molecule has 1 heterocycles. The van der Waals surface area contributed by atoms with Crippen molar-refractivity contribution in [1.29, 1.82) is 0 Å². The van der Waals surface area contributed by atoms with Crippen molar-refractivity contribution in [2.24, 2.45) is 0 Å². The normalized spacial score (nSPS) is 10.2. The predicted molar refractivity (Wildman–Crippen MR) is 63.8 cm³/mol. The minimum atomic E-state index is -0.0122. The van der Waals surface area contributed by atoms with E-state index in [1.54, 1.807) is 19.2 Å². The summed E-state index contributed by atoms with van der Waals surface area (Å²) in [5.74, 6) is 1.86. The smallest absolute Gasteiger partial charge is 0.313 e. The third-order valence-electron chi connectivity index (χ3n) is 2.38. The van der Waals surface area contributed by atoms with Crippen molar-refractivity contribution in [3.63, 3.8) is 0 Å². The van der Waals surface area contributed by atoms with Gasteiger partial charge in [-0.15, -0.1) is 5.10 Å². The van der Waals surface area contributed by atoms with Gasteiger partial charge in [0.05, 0.1) is 26.9 Å². The van der Waals surface area contributed by atoms with Gasteiger partial charge >= 0.3 is 6.01 Å². The summed E-state index contributed by atoms with van der Waals surface area (Å²) in [7, 11) is 4.61. The molecule has 0 saturated heterocycles. The summed E-state index contributed by atoms with van der Waals surface area (Å²) in [5, 5.41) is 7.41. The maximum atomic E-state index is 5.40. The average molecular weight is 251 g/mol. The monoisotopic (exact) mass is 251 g/mol. The highest BCUT2D eigenvalue weighted by atomic mass is 16.5. The second kappa shape index (κ2) is 4.82. The maximum absolute atomic E-state index is 5.40. The molecule has 0 fully saturated rings. The van der Waals surface area contributed by atoms with Gasteiger partial charge in [-0.2, -0.15) is 0 Å². The number of nitrogen functional groups attached to an aromatic ring is 1. The largest absolute Gasteiger partial charge is 0.496 e. The zero-order valence-corrected chi connectivity index (χ0v) is 10.3. The molecule has 0 amide bonds. The molecule has 0 atom stereocenters. The van der Waals surface area contributed by atoms with Gasteiger partial charge in [0.1, 0.15) is 5.75 Å². The number of hydrogen-bond donors (Lipinski definition) is 1. The molecule has 2 rings (SSSR count). The molecule has 0 bridgehead atoms. The van der Waals surface area contributed by atoms with Gasteiger partial charge in [0.15, 0.2) is 11.5 Å². The zero-order valence-electron chi connectivity index (χ0n) is 10.3. The standard InChI is InChI=1S/C11H13N3O4/c1-15-7-5-9(17-3)8(16-2)4-6(7)10-13-14-11(12)18-10/h4-5H,1-3H3,(H2,12,14). The van der Waals surface area contributed by atoms with Crippen molar-refractivity contribution in [1.82, 2.24) is 10.2 Å². The molecular weight excluding hydrogens is 238 g/mol. The van der Waals surface area contributed by atoms with E-state index in [9.17, 15) is 0 Å². The molecule has 7 heteroatoms. The minimum absolute atomic E-state index is 0.0122. The highest BCUT2D eigenvalue weighted by molar-refractivity contribution is 5.68. The van der Waals surface area contributed by atoms with E-state index in [2.05, 4.69) is 10.2 Å². The van der Waals surface area contributed by atoms with Crippen molar-refractivity contribution in [3.8, 4) is 28.7 Å². The van der Waals surface area contributed by atoms with Crippen LogP contribution in [-0.2, 0) is 0 Å². The third-order valence-corrected chi connectivity index (χ3v) is 2.38. The quantitative estimate of drug-likeness (QED) is 0.876. The number of aromatic nitrogens is 2. The van der Waals surface area contributed by atoms with Crippen LogP contribution in [-0.4, -0.2) is 31.5 Å². The average Bonchev–Trinajstić information content (AvgIpc) is 2.83. The van der Waals surface area contributed by atoms with Crippen molar-refractivity contribution in [2.75, 3.05) is 27.1 Å². The van der Waals surface area contributed by atoms with Gasteiger partial charge in [0, 0.05) is 12.1 Å². The molecule has 0 spiro atoms. The zero-order chi connectivity index (χ0) is 13.1. The molecular formula is C11H13N3O4. The molecule has 0 unspecified atom stereocenters. The van der Waals surface area contributed by atoms with E-state index in [0.717, 1.165) is 0 Å². The summed E-state index contributed by atoms with van der Waals surface area (Å²) in [6, 6.07) is 3.35. The predicted octanol–water partition coefficient (Wildman–Crippen LogP) is 1.34. The van der Waals surface area contributed by atoms with Crippen molar-refractivity contribution in [2.45, 2.75) is 0 Å². The van der Waals surface area contributed by atoms with E-state index in [4.69, 9.17) is 24.4 Å². The molecule has 7 nitrogen and oxygen atoms in total. The van der Waals surface area contributed by atoms with Crippen LogP contribution in [0, 0.1) is 0 Å². The fraction of sp³-hybridized carbons (Fsp3) is 0.273. The van der Waals surface area contributed by atoms with Crippen LogP contribution < -0.4 is 19.9 Å². The number of hydrogen-bond acceptors (Lipinski definition) is 7. The molecule has 0 saturated carbocycles. The number of benzene rings is 1. The van der Waals surface area contributed by atoms with Crippen molar-refractivity contribution in [3.05, 3.63) is 12.1 Å². The Labute approximate surface area is 103 Å². The highest BCUT2D eigenvalue weighted by Gasteiger charge is 2.17. The fourth-order valence-electron chi connectivity index (χ4n) is 1.54. The van der Waals surface area contributed by atoms with Crippen LogP contribution in [0.3, 0.4) is 0 Å². The molecule has 96 valence electrons. The van der Waals surface area contributed by atoms with Crippen LogP contribution in [0.15, 0.2) is 16.5 Å². The van der Waals surface area contributed by atoms with Crippen LogP contribution in [0.2, 0.25) is 0 Å². The molecule has 2 aromatic rings. The van der Waals surface area contributed by atoms with Gasteiger partial charge in [-0.05, 0) is 0 Å². The van der Waals surface area contributed by atoms with Gasteiger partial charge < -0.3 is 24.4 Å². The number of nitrogens with zero attached hydrogens (tertiary/aromatic N) is 2. The van der Waals surface area contributed by atoms with Crippen LogP contribution in [0.25, 0.3) is 11.5 Å². The van der Waals surface area contributed by atoms with Gasteiger partial charge in [-0.25, -0.2) is 0 Å². The van der Waals surface area contributed by atoms with Crippen LogP contribution >= 0.6 is 0 Å². The highest BCUT2D eigenvalue weighted by Crippen LogP contribution is 2.39. The Hall–Kier alpha value is -2.44. The van der Waals surface area contributed by atoms with Crippen molar-refractivity contribution < 1.29 is 18.6 Å². The summed E-state index contributed by atoms with van der Waals surface area (Å²) in [6.07, 6.45) is 0. The Morgan fingerprint density at radius 3 is 2.06 bits per heavy atom. The maximum Gasteiger partial charge on any atom is 0.313 e. The molecule has 0 radical (unpaired) electrons. The summed E-state index contributed by atoms with van der Waals surface area (Å²) in [6.45, 7) is 0. The van der Waals surface area contributed by atoms with Gasteiger partial charge in [0.2, 0.25) is 0 Å². The Bertz CT molecular complexity index is 553. The van der Waals surface area contributed by atoms with E-state index < -0.39 is 0 Å². The van der Waals surface area contributed by atoms with E-state index in [-0.39, 0.29) is 11.9 Å². The van der Waals surface area contributed by atoms with E-state index in [1.807, 2.05) is 0 Å². The lowest BCUT2D eigenvalue weighted by molar-refractivity contribution is 0.349. The van der Waals surface area contributed by atoms with Crippen molar-refractivity contribution >= 4 is 6.01 Å². The Kier molecular flexibility index (Phi) is 3.22. The number of anilines is 1. The van der Waals surface area contributed by atoms with Crippen LogP contribution in [0.4, 0.5) is 6.01 Å².